The van der Waals surface area contributed by atoms with E-state index in [0.717, 1.165) is 55.2 Å². The number of nitrogens with zero attached hydrogens (tertiary/aromatic N) is 2. The van der Waals surface area contributed by atoms with Crippen molar-refractivity contribution in [3.05, 3.63) is 16.4 Å². The Morgan fingerprint density at radius 3 is 2.67 bits per heavy atom. The van der Waals surface area contributed by atoms with Gasteiger partial charge in [-0.05, 0) is 52.0 Å². The fourth-order valence-electron chi connectivity index (χ4n) is 3.05. The Bertz CT molecular complexity index is 493. The van der Waals surface area contributed by atoms with Gasteiger partial charge in [-0.3, -0.25) is 9.48 Å². The van der Waals surface area contributed by atoms with Gasteiger partial charge in [0.1, 0.15) is 0 Å². The van der Waals surface area contributed by atoms with Crippen molar-refractivity contribution in [3.8, 4) is 0 Å². The van der Waals surface area contributed by atoms with Crippen LogP contribution < -0.4 is 5.32 Å². The van der Waals surface area contributed by atoms with Gasteiger partial charge in [0, 0.05) is 13.1 Å². The number of nitrogens with one attached hydrogen (secondary N) is 1. The van der Waals surface area contributed by atoms with Gasteiger partial charge >= 0.3 is 5.97 Å². The molecule has 1 saturated carbocycles. The van der Waals surface area contributed by atoms with E-state index >= 15 is 0 Å². The quantitative estimate of drug-likeness (QED) is 0.847. The summed E-state index contributed by atoms with van der Waals surface area (Å²) < 4.78 is 1.94. The highest BCUT2D eigenvalue weighted by Crippen LogP contribution is 2.28. The molecule has 0 aromatic carbocycles. The average molecular weight is 314 g/mol. The maximum absolute atomic E-state index is 10.9. The van der Waals surface area contributed by atoms with Crippen molar-refractivity contribution in [1.29, 1.82) is 0 Å². The zero-order valence-corrected chi connectivity index (χ0v) is 13.5. The third-order valence-corrected chi connectivity index (χ3v) is 4.87. The lowest BCUT2D eigenvalue weighted by Gasteiger charge is -2.26. The lowest BCUT2D eigenvalue weighted by molar-refractivity contribution is -0.143. The van der Waals surface area contributed by atoms with Crippen LogP contribution in [0.3, 0.4) is 0 Å². The number of carboxylic acid groups (broad SMARTS) is 1. The van der Waals surface area contributed by atoms with Crippen molar-refractivity contribution in [2.75, 3.05) is 6.54 Å². The normalized spacial score (nSPS) is 22.4. The standard InChI is InChI=1S/C15H24ClN3O2/c1-3-19-13(14(16)10(2)18-19)9-17-8-11-4-6-12(7-5-11)15(20)21/h11-12,17H,3-9H2,1-2H3,(H,20,21). The van der Waals surface area contributed by atoms with Gasteiger partial charge in [0.15, 0.2) is 0 Å². The SMILES string of the molecule is CCn1nc(C)c(Cl)c1CNCC1CCC(C(=O)O)CC1. The maximum atomic E-state index is 10.9. The fourth-order valence-corrected chi connectivity index (χ4v) is 3.25. The number of halogens is 1. The van der Waals surface area contributed by atoms with Crippen LogP contribution in [-0.4, -0.2) is 27.4 Å². The number of aromatic nitrogens is 2. The molecule has 1 fully saturated rings. The highest BCUT2D eigenvalue weighted by molar-refractivity contribution is 6.31. The highest BCUT2D eigenvalue weighted by Gasteiger charge is 2.25. The van der Waals surface area contributed by atoms with Crippen LogP contribution in [0.4, 0.5) is 0 Å². The van der Waals surface area contributed by atoms with E-state index in [1.165, 1.54) is 0 Å². The van der Waals surface area contributed by atoms with Gasteiger partial charge in [0.25, 0.3) is 0 Å². The third-order valence-electron chi connectivity index (χ3n) is 4.37. The van der Waals surface area contributed by atoms with Gasteiger partial charge in [0.05, 0.1) is 22.3 Å². The van der Waals surface area contributed by atoms with E-state index in [4.69, 9.17) is 16.7 Å². The number of aryl methyl sites for hydroxylation is 2. The number of aliphatic carboxylic acids is 1. The Hall–Kier alpha value is -1.07. The van der Waals surface area contributed by atoms with Crippen LogP contribution in [0.2, 0.25) is 5.02 Å². The number of hydrogen-bond donors (Lipinski definition) is 2. The molecule has 0 unspecified atom stereocenters. The van der Waals surface area contributed by atoms with Gasteiger partial charge in [-0.2, -0.15) is 5.10 Å². The molecule has 1 aliphatic rings. The molecule has 5 nitrogen and oxygen atoms in total. The molecule has 2 N–H and O–H groups in total. The van der Waals surface area contributed by atoms with Gasteiger partial charge in [-0.15, -0.1) is 0 Å². The summed E-state index contributed by atoms with van der Waals surface area (Å²) in [6, 6.07) is 0. The molecule has 0 aliphatic heterocycles. The first kappa shape index (κ1) is 16.3. The Kier molecular flexibility index (Phi) is 5.65. The lowest BCUT2D eigenvalue weighted by Crippen LogP contribution is -2.29. The monoisotopic (exact) mass is 313 g/mol. The first-order valence-electron chi connectivity index (χ1n) is 7.68. The molecule has 1 heterocycles. The second-order valence-corrected chi connectivity index (χ2v) is 6.23. The highest BCUT2D eigenvalue weighted by atomic mass is 35.5. The average Bonchev–Trinajstić information content (AvgIpc) is 2.75. The second kappa shape index (κ2) is 7.27. The van der Waals surface area contributed by atoms with Crippen LogP contribution in [0.25, 0.3) is 0 Å². The molecule has 1 aliphatic carbocycles. The zero-order valence-electron chi connectivity index (χ0n) is 12.7. The van der Waals surface area contributed by atoms with Crippen molar-refractivity contribution in [2.24, 2.45) is 11.8 Å². The van der Waals surface area contributed by atoms with Crippen LogP contribution in [0.5, 0.6) is 0 Å². The van der Waals surface area contributed by atoms with E-state index in [-0.39, 0.29) is 5.92 Å². The van der Waals surface area contributed by atoms with Gasteiger partial charge < -0.3 is 10.4 Å². The third kappa shape index (κ3) is 3.98. The van der Waals surface area contributed by atoms with Crippen LogP contribution in [0.1, 0.15) is 44.0 Å². The summed E-state index contributed by atoms with van der Waals surface area (Å²) in [6.45, 7) is 6.42. The molecular formula is C15H24ClN3O2. The molecule has 0 atom stereocenters. The van der Waals surface area contributed by atoms with Crippen LogP contribution in [0, 0.1) is 18.8 Å². The summed E-state index contributed by atoms with van der Waals surface area (Å²) in [7, 11) is 0. The molecule has 2 rings (SSSR count). The van der Waals surface area contributed by atoms with E-state index in [2.05, 4.69) is 17.3 Å². The van der Waals surface area contributed by atoms with E-state index < -0.39 is 5.97 Å². The predicted molar refractivity (Wildman–Crippen MR) is 82.4 cm³/mol. The first-order chi connectivity index (χ1) is 10.0. The molecule has 0 radical (unpaired) electrons. The zero-order chi connectivity index (χ0) is 15.4. The van der Waals surface area contributed by atoms with Gasteiger partial charge in [0.2, 0.25) is 0 Å². The van der Waals surface area contributed by atoms with Gasteiger partial charge in [-0.1, -0.05) is 11.6 Å². The molecule has 0 bridgehead atoms. The molecule has 21 heavy (non-hydrogen) atoms. The molecule has 1 aromatic heterocycles. The van der Waals surface area contributed by atoms with Gasteiger partial charge in [-0.25, -0.2) is 0 Å². The minimum Gasteiger partial charge on any atom is -0.481 e. The number of carboxylic acids is 1. The smallest absolute Gasteiger partial charge is 0.306 e. The topological polar surface area (TPSA) is 67.2 Å². The maximum Gasteiger partial charge on any atom is 0.306 e. The summed E-state index contributed by atoms with van der Waals surface area (Å²) in [6.07, 6.45) is 3.58. The minimum atomic E-state index is -0.643. The van der Waals surface area contributed by atoms with Crippen LogP contribution in [-0.2, 0) is 17.9 Å². The Morgan fingerprint density at radius 2 is 2.10 bits per heavy atom. The summed E-state index contributed by atoms with van der Waals surface area (Å²) in [5.41, 5.74) is 1.91. The Balaban J connectivity index is 1.79. The molecular weight excluding hydrogens is 290 g/mol. The molecule has 0 saturated heterocycles. The summed E-state index contributed by atoms with van der Waals surface area (Å²) in [4.78, 5) is 10.9. The van der Waals surface area contributed by atoms with Crippen LogP contribution in [0.15, 0.2) is 0 Å². The van der Waals surface area contributed by atoms with E-state index in [9.17, 15) is 4.79 Å². The summed E-state index contributed by atoms with van der Waals surface area (Å²) in [5.74, 6) is -0.214. The van der Waals surface area contributed by atoms with Crippen molar-refractivity contribution in [2.45, 2.75) is 52.6 Å². The predicted octanol–water partition coefficient (Wildman–Crippen LogP) is 2.85. The second-order valence-electron chi connectivity index (χ2n) is 5.85. The summed E-state index contributed by atoms with van der Waals surface area (Å²) >= 11 is 6.28. The first-order valence-corrected chi connectivity index (χ1v) is 8.06. The van der Waals surface area contributed by atoms with E-state index in [0.29, 0.717) is 12.5 Å². The number of hydrogen-bond acceptors (Lipinski definition) is 3. The molecule has 118 valence electrons. The van der Waals surface area contributed by atoms with Crippen molar-refractivity contribution < 1.29 is 9.90 Å². The van der Waals surface area contributed by atoms with E-state index in [1.54, 1.807) is 0 Å². The molecule has 0 amide bonds. The van der Waals surface area contributed by atoms with Crippen molar-refractivity contribution in [3.63, 3.8) is 0 Å². The van der Waals surface area contributed by atoms with Crippen LogP contribution >= 0.6 is 11.6 Å². The van der Waals surface area contributed by atoms with E-state index in [1.807, 2.05) is 11.6 Å². The summed E-state index contributed by atoms with van der Waals surface area (Å²) in [5, 5.41) is 17.6. The Labute approximate surface area is 130 Å². The van der Waals surface area contributed by atoms with Crippen molar-refractivity contribution >= 4 is 17.6 Å². The molecule has 1 aromatic rings. The molecule has 0 spiro atoms. The minimum absolute atomic E-state index is 0.139. The lowest BCUT2D eigenvalue weighted by atomic mass is 9.82. The van der Waals surface area contributed by atoms with Crippen molar-refractivity contribution in [1.82, 2.24) is 15.1 Å². The number of carbonyl (C=O) groups is 1. The fraction of sp³-hybridized carbons (Fsp3) is 0.733. The number of rotatable bonds is 6. The largest absolute Gasteiger partial charge is 0.481 e. The molecule has 6 heteroatoms. The Morgan fingerprint density at radius 1 is 1.43 bits per heavy atom.